The monoisotopic (exact) mass is 2610 g/mol. The second-order valence-corrected chi connectivity index (χ2v) is 34.2. The fourth-order valence-corrected chi connectivity index (χ4v) is 16.0. The van der Waals surface area contributed by atoms with Gasteiger partial charge in [0.15, 0.2) is 0 Å². The third-order valence-electron chi connectivity index (χ3n) is 23.3. The number of hydrogen-bond donors (Lipinski definition) is 0. The number of hydrogen-bond acceptors (Lipinski definition) is 8. The molecular weight excluding hydrogens is 2500 g/mol. The van der Waals surface area contributed by atoms with Gasteiger partial charge in [-0.05, 0) is 183 Å². The summed E-state index contributed by atoms with van der Waals surface area (Å²) in [6.07, 6.45) is 22.1. The minimum Gasteiger partial charge on any atom is -0.307 e. The molecule has 9 nitrogen and oxygen atoms in total. The molecule has 22 rings (SSSR count). The fraction of sp³-hybridized carbons (Fsp3) is 0.0821. The van der Waals surface area contributed by atoms with Crippen LogP contribution in [-0.4, -0.2) is 39.9 Å². The molecule has 4 radical (unpaired) electrons. The molecule has 0 N–H and O–H groups in total. The zero-order valence-electron chi connectivity index (χ0n) is 81.9. The number of aromatic nitrogens is 9. The molecule has 0 fully saturated rings. The Morgan fingerprint density at radius 3 is 1.14 bits per heavy atom. The molecule has 0 aliphatic rings. The standard InChI is InChI=1S/C44H34N3.2C18H14N.C17H12N.C15H16N.2C11H8N.4Ir/c1-4-13-38(14-5-1)43-27-24-36(33-45-43)23-26-37-25-22-35(21-20-34-12-10-18-42(31-34)47-28-8-3-9-29-47)30-40(37)32-41-17-11-19-44(46-41)39-15-6-2-7-16-39;1-14-12-18(16-10-6-3-7-11-16)19-13-17(14)15-8-4-2-5-9-15;1-14-7-5-6-10-17(14)16-11-12-18(19-13-16)15-8-3-2-4-9-15;1-2-7-14(8-3-1)15-9-6-10-16(13-15)17-11-4-5-12-18-17;1-12(2)11-14-9-6-10-15(16-14)13-7-4-3-5-8-13;2*1-2-6-10(7-3-1)11-8-4-5-9-12-11;;;;/h1-13,15,17,19,22,24-25,27-28,30-31,33H,20-21,23,26,32H2;2-10,12-13H,1H3;2-8,10-13H,1H3;1-9,11-13H;3-7,9-10,12H,11H2,1-2H3;2*1-6,8-9H;;;;/q-3;6*-1;;;;. The summed E-state index contributed by atoms with van der Waals surface area (Å²) in [4.78, 5) is 36.3. The van der Waals surface area contributed by atoms with Crippen molar-refractivity contribution in [2.75, 3.05) is 0 Å². The first-order valence-corrected chi connectivity index (χ1v) is 48.1. The molecular formula is C134H106Ir4N9-9. The van der Waals surface area contributed by atoms with Crippen LogP contribution in [0.15, 0.2) is 492 Å². The predicted molar refractivity (Wildman–Crippen MR) is 582 cm³/mol. The van der Waals surface area contributed by atoms with Gasteiger partial charge in [-0.3, -0.25) is 0 Å². The quantitative estimate of drug-likeness (QED) is 0.0488. The van der Waals surface area contributed by atoms with Gasteiger partial charge in [0.1, 0.15) is 6.20 Å². The van der Waals surface area contributed by atoms with Crippen molar-refractivity contribution < 1.29 is 85.0 Å². The average Bonchev–Trinajstić information content (AvgIpc) is 0.793. The summed E-state index contributed by atoms with van der Waals surface area (Å²) in [6, 6.07) is 180. The second-order valence-electron chi connectivity index (χ2n) is 34.2. The Hall–Kier alpha value is -15.2. The molecule has 147 heavy (non-hydrogen) atoms. The molecule has 0 aliphatic heterocycles. The Morgan fingerprint density at radius 1 is 0.245 bits per heavy atom. The molecule has 0 saturated carbocycles. The summed E-state index contributed by atoms with van der Waals surface area (Å²) in [5.74, 6) is 0.641. The van der Waals surface area contributed by atoms with E-state index in [2.05, 4.69) is 270 Å². The molecule has 0 unspecified atom stereocenters. The molecule has 9 aromatic heterocycles. The van der Waals surface area contributed by atoms with E-state index in [1.54, 1.807) is 18.6 Å². The van der Waals surface area contributed by atoms with Crippen molar-refractivity contribution >= 4 is 0 Å². The first-order chi connectivity index (χ1) is 70.6. The molecule has 0 bridgehead atoms. The molecule has 0 spiro atoms. The summed E-state index contributed by atoms with van der Waals surface area (Å²) in [5.41, 5.74) is 35.4. The molecule has 0 atom stereocenters. The van der Waals surface area contributed by atoms with Gasteiger partial charge in [0, 0.05) is 147 Å². The predicted octanol–water partition coefficient (Wildman–Crippen LogP) is 30.5. The Morgan fingerprint density at radius 2 is 0.667 bits per heavy atom. The van der Waals surface area contributed by atoms with Gasteiger partial charge in [0.2, 0.25) is 0 Å². The van der Waals surface area contributed by atoms with E-state index in [9.17, 15) is 0 Å². The van der Waals surface area contributed by atoms with E-state index < -0.39 is 0 Å². The van der Waals surface area contributed by atoms with Crippen LogP contribution >= 0.6 is 0 Å². The van der Waals surface area contributed by atoms with E-state index in [0.717, 1.165) is 151 Å². The van der Waals surface area contributed by atoms with E-state index in [1.165, 1.54) is 66.8 Å². The van der Waals surface area contributed by atoms with Gasteiger partial charge in [-0.1, -0.05) is 220 Å². The van der Waals surface area contributed by atoms with Crippen molar-refractivity contribution in [3.63, 3.8) is 0 Å². The van der Waals surface area contributed by atoms with Crippen LogP contribution in [0.25, 0.3) is 129 Å². The van der Waals surface area contributed by atoms with Gasteiger partial charge in [0.05, 0.1) is 6.20 Å². The van der Waals surface area contributed by atoms with Crippen LogP contribution in [0, 0.1) is 80.6 Å². The molecule has 0 saturated heterocycles. The number of benzene rings is 13. The first kappa shape index (κ1) is 111. The van der Waals surface area contributed by atoms with Crippen LogP contribution in [0.5, 0.6) is 0 Å². The normalized spacial score (nSPS) is 10.2. The largest absolute Gasteiger partial charge is 0.307 e. The molecule has 9 heterocycles. The van der Waals surface area contributed by atoms with Crippen LogP contribution in [0.1, 0.15) is 64.2 Å². The van der Waals surface area contributed by atoms with Crippen LogP contribution in [-0.2, 0) is 119 Å². The third kappa shape index (κ3) is 34.2. The summed E-state index contributed by atoms with van der Waals surface area (Å²) < 4.78 is 1.98. The Labute approximate surface area is 921 Å². The molecule has 732 valence electrons. The van der Waals surface area contributed by atoms with E-state index in [4.69, 9.17) is 9.97 Å². The van der Waals surface area contributed by atoms with Gasteiger partial charge >= 0.3 is 0 Å². The van der Waals surface area contributed by atoms with Crippen molar-refractivity contribution in [3.8, 4) is 129 Å². The molecule has 22 aromatic rings. The number of pyridine rings is 9. The maximum absolute atomic E-state index is 5.04. The summed E-state index contributed by atoms with van der Waals surface area (Å²) in [7, 11) is 0. The SMILES string of the molecule is CC(C)Cc1cccc(-c2[c-]cccc2)n1.Cc1cc(-c2[c-]cccc2)ncc1-c1ccccc1.Cc1ccccc1-c1ccc(-c2[c-]cccc2)nc1.[Ir].[Ir].[Ir].[Ir].[c-]1ccc(-c2ccccc2)cc1-c1ccccn1.[c-]1ccccc1-c1ccc(CCc2ccc(CCc3cc[c-]c(-[n+]4[c-]cccc4)c3)cc2Cc2cccc(-c3[c-]cccc3)n2)cn1.[c-]1ccccc1-c1ccccn1.[c-]1ccccc1-c1ccccn1. The summed E-state index contributed by atoms with van der Waals surface area (Å²) in [6.45, 7) is 8.66. The smallest absolute Gasteiger partial charge is 0.150 e. The van der Waals surface area contributed by atoms with E-state index in [-0.39, 0.29) is 80.4 Å². The van der Waals surface area contributed by atoms with Gasteiger partial charge < -0.3 is 44.4 Å². The van der Waals surface area contributed by atoms with Crippen LogP contribution in [0.3, 0.4) is 0 Å². The van der Waals surface area contributed by atoms with Crippen LogP contribution in [0.4, 0.5) is 0 Å². The Bertz CT molecular complexity index is 7340. The van der Waals surface area contributed by atoms with Crippen LogP contribution in [0.2, 0.25) is 0 Å². The van der Waals surface area contributed by atoms with E-state index >= 15 is 0 Å². The van der Waals surface area contributed by atoms with Crippen molar-refractivity contribution in [2.45, 2.75) is 66.2 Å². The molecule has 13 heteroatoms. The molecule has 13 aromatic carbocycles. The van der Waals surface area contributed by atoms with E-state index in [0.29, 0.717) is 5.92 Å². The maximum Gasteiger partial charge on any atom is 0.150 e. The molecule has 0 aliphatic carbocycles. The van der Waals surface area contributed by atoms with Gasteiger partial charge in [-0.25, -0.2) is 0 Å². The van der Waals surface area contributed by atoms with Crippen molar-refractivity contribution in [2.24, 2.45) is 5.92 Å². The van der Waals surface area contributed by atoms with Gasteiger partial charge in [-0.15, -0.1) is 299 Å². The number of nitrogens with zero attached hydrogens (tertiary/aromatic N) is 9. The minimum absolute atomic E-state index is 0. The van der Waals surface area contributed by atoms with Gasteiger partial charge in [-0.2, -0.15) is 23.8 Å². The average molecular weight is 2610 g/mol. The third-order valence-corrected chi connectivity index (χ3v) is 23.3. The summed E-state index contributed by atoms with van der Waals surface area (Å²) in [5, 5.41) is 0. The van der Waals surface area contributed by atoms with Crippen LogP contribution < -0.4 is 4.57 Å². The molecule has 0 amide bonds. The number of aryl methyl sites for hydroxylation is 6. The Kier molecular flexibility index (Phi) is 45.1. The first-order valence-electron chi connectivity index (χ1n) is 48.1. The summed E-state index contributed by atoms with van der Waals surface area (Å²) >= 11 is 0. The number of rotatable bonds is 22. The minimum atomic E-state index is 0. The zero-order valence-corrected chi connectivity index (χ0v) is 91.5. The van der Waals surface area contributed by atoms with Crippen molar-refractivity contribution in [1.82, 2.24) is 39.9 Å². The maximum atomic E-state index is 5.04. The van der Waals surface area contributed by atoms with Crippen molar-refractivity contribution in [1.29, 1.82) is 0 Å². The second kappa shape index (κ2) is 59.9. The Balaban J connectivity index is 0.000000162. The van der Waals surface area contributed by atoms with Gasteiger partial charge in [0.25, 0.3) is 0 Å². The fourth-order valence-electron chi connectivity index (χ4n) is 16.0. The van der Waals surface area contributed by atoms with Crippen molar-refractivity contribution in [3.05, 3.63) is 603 Å². The van der Waals surface area contributed by atoms with E-state index in [1.807, 2.05) is 327 Å². The topological polar surface area (TPSA) is 107 Å². The zero-order chi connectivity index (χ0) is 97.9.